The van der Waals surface area contributed by atoms with E-state index in [9.17, 15) is 5.11 Å². The van der Waals surface area contributed by atoms with Gasteiger partial charge in [0.15, 0.2) is 0 Å². The topological polar surface area (TPSA) is 85.1 Å². The number of nitrogens with one attached hydrogen (secondary N) is 1. The lowest BCUT2D eigenvalue weighted by molar-refractivity contribution is 0.104. The quantitative estimate of drug-likeness (QED) is 0.645. The number of aryl methyl sites for hydroxylation is 1. The number of hydrogen-bond acceptors (Lipinski definition) is 6. The molecule has 2 N–H and O–H groups in total. The highest BCUT2D eigenvalue weighted by molar-refractivity contribution is 5.34. The van der Waals surface area contributed by atoms with Crippen LogP contribution in [0.5, 0.6) is 5.75 Å². The van der Waals surface area contributed by atoms with Gasteiger partial charge in [0, 0.05) is 12.6 Å². The third-order valence-electron chi connectivity index (χ3n) is 4.10. The maximum atomic E-state index is 10.1. The Bertz CT molecular complexity index is 805. The van der Waals surface area contributed by atoms with Gasteiger partial charge in [-0.25, -0.2) is 4.68 Å². The average Bonchev–Trinajstić information content (AvgIpc) is 3.19. The van der Waals surface area contributed by atoms with E-state index in [1.165, 1.54) is 0 Å². The molecule has 7 nitrogen and oxygen atoms in total. The molecule has 136 valence electrons. The molecule has 0 amide bonds. The second-order valence-corrected chi connectivity index (χ2v) is 6.26. The van der Waals surface area contributed by atoms with Crippen LogP contribution in [-0.2, 0) is 0 Å². The van der Waals surface area contributed by atoms with Gasteiger partial charge in [-0.05, 0) is 59.7 Å². The minimum atomic E-state index is -0.585. The number of aliphatic hydroxyl groups excluding tert-OH is 1. The molecule has 26 heavy (non-hydrogen) atoms. The van der Waals surface area contributed by atoms with Gasteiger partial charge in [0.1, 0.15) is 24.8 Å². The van der Waals surface area contributed by atoms with E-state index >= 15 is 0 Å². The molecular formula is C19H23N5O2. The Morgan fingerprint density at radius 1 is 1.19 bits per heavy atom. The average molecular weight is 353 g/mol. The van der Waals surface area contributed by atoms with Gasteiger partial charge in [0.25, 0.3) is 0 Å². The molecule has 0 fully saturated rings. The first-order valence-corrected chi connectivity index (χ1v) is 8.56. The predicted octanol–water partition coefficient (Wildman–Crippen LogP) is 2.06. The zero-order valence-electron chi connectivity index (χ0n) is 14.9. The molecule has 0 saturated heterocycles. The van der Waals surface area contributed by atoms with Crippen LogP contribution in [-0.4, -0.2) is 44.6 Å². The molecule has 1 heterocycles. The lowest BCUT2D eigenvalue weighted by Crippen LogP contribution is -2.33. The largest absolute Gasteiger partial charge is 0.491 e. The predicted molar refractivity (Wildman–Crippen MR) is 98.3 cm³/mol. The van der Waals surface area contributed by atoms with E-state index in [1.54, 1.807) is 11.0 Å². The van der Waals surface area contributed by atoms with Crippen LogP contribution in [0.1, 0.15) is 24.1 Å². The van der Waals surface area contributed by atoms with Crippen molar-refractivity contribution < 1.29 is 9.84 Å². The first kappa shape index (κ1) is 18.0. The molecule has 2 aromatic carbocycles. The van der Waals surface area contributed by atoms with Crippen LogP contribution >= 0.6 is 0 Å². The molecule has 3 rings (SSSR count). The van der Waals surface area contributed by atoms with Crippen LogP contribution in [0.2, 0.25) is 0 Å². The number of rotatable bonds is 8. The molecule has 3 aromatic rings. The van der Waals surface area contributed by atoms with Crippen LogP contribution in [0.25, 0.3) is 5.69 Å². The second-order valence-electron chi connectivity index (χ2n) is 6.26. The lowest BCUT2D eigenvalue weighted by atomic mass is 10.1. The summed E-state index contributed by atoms with van der Waals surface area (Å²) >= 11 is 0. The Hall–Kier alpha value is -2.77. The van der Waals surface area contributed by atoms with E-state index in [1.807, 2.05) is 55.5 Å². The minimum Gasteiger partial charge on any atom is -0.491 e. The number of tetrazole rings is 1. The van der Waals surface area contributed by atoms with Gasteiger partial charge in [0.2, 0.25) is 0 Å². The molecular weight excluding hydrogens is 330 g/mol. The van der Waals surface area contributed by atoms with Gasteiger partial charge in [-0.2, -0.15) is 0 Å². The van der Waals surface area contributed by atoms with Gasteiger partial charge in [0.05, 0.1) is 5.69 Å². The Kier molecular flexibility index (Phi) is 5.93. The summed E-state index contributed by atoms with van der Waals surface area (Å²) in [7, 11) is 0. The summed E-state index contributed by atoms with van der Waals surface area (Å²) in [6.45, 7) is 4.76. The highest BCUT2D eigenvalue weighted by atomic mass is 16.5. The fourth-order valence-corrected chi connectivity index (χ4v) is 2.58. The van der Waals surface area contributed by atoms with Crippen molar-refractivity contribution in [3.05, 3.63) is 66.0 Å². The molecule has 0 aliphatic heterocycles. The fourth-order valence-electron chi connectivity index (χ4n) is 2.58. The molecule has 7 heteroatoms. The number of hydrogen-bond donors (Lipinski definition) is 2. The number of benzene rings is 2. The Morgan fingerprint density at radius 2 is 2.00 bits per heavy atom. The second kappa shape index (κ2) is 8.55. The molecule has 0 aliphatic carbocycles. The summed E-state index contributed by atoms with van der Waals surface area (Å²) < 4.78 is 7.24. The summed E-state index contributed by atoms with van der Waals surface area (Å²) in [6, 6.07) is 15.9. The number of ether oxygens (including phenoxy) is 1. The third-order valence-corrected chi connectivity index (χ3v) is 4.10. The summed E-state index contributed by atoms with van der Waals surface area (Å²) in [4.78, 5) is 0. The van der Waals surface area contributed by atoms with Gasteiger partial charge in [-0.1, -0.05) is 24.3 Å². The number of aliphatic hydroxyl groups is 1. The number of aromatic nitrogens is 4. The standard InChI is InChI=1S/C19H23N5O2/c1-14-4-3-5-19(10-14)26-12-18(25)11-20-15(2)16-6-8-17(9-7-16)24-13-21-22-23-24/h3-10,13,15,18,20,25H,11-12H2,1-2H3. The maximum absolute atomic E-state index is 10.1. The summed E-state index contributed by atoms with van der Waals surface area (Å²) in [5.74, 6) is 0.773. The van der Waals surface area contributed by atoms with Crippen LogP contribution < -0.4 is 10.1 Å². The zero-order chi connectivity index (χ0) is 18.4. The molecule has 1 aromatic heterocycles. The normalized spacial score (nSPS) is 13.3. The monoisotopic (exact) mass is 353 g/mol. The lowest BCUT2D eigenvalue weighted by Gasteiger charge is -2.18. The Balaban J connectivity index is 1.46. The Morgan fingerprint density at radius 3 is 2.69 bits per heavy atom. The SMILES string of the molecule is Cc1cccc(OCC(O)CNC(C)c2ccc(-n3cnnn3)cc2)c1. The summed E-state index contributed by atoms with van der Waals surface area (Å²) in [5.41, 5.74) is 3.15. The van der Waals surface area contributed by atoms with Crippen molar-refractivity contribution in [1.82, 2.24) is 25.5 Å². The van der Waals surface area contributed by atoms with E-state index in [0.717, 1.165) is 22.6 Å². The van der Waals surface area contributed by atoms with Crippen LogP contribution in [0.4, 0.5) is 0 Å². The summed E-state index contributed by atoms with van der Waals surface area (Å²) in [5, 5.41) is 24.6. The molecule has 0 spiro atoms. The summed E-state index contributed by atoms with van der Waals surface area (Å²) in [6.07, 6.45) is 0.972. The van der Waals surface area contributed by atoms with Crippen molar-refractivity contribution in [2.45, 2.75) is 26.0 Å². The first-order valence-electron chi connectivity index (χ1n) is 8.56. The third kappa shape index (κ3) is 4.87. The van der Waals surface area contributed by atoms with E-state index in [4.69, 9.17) is 4.74 Å². The van der Waals surface area contributed by atoms with Gasteiger partial charge >= 0.3 is 0 Å². The molecule has 0 aliphatic rings. The highest BCUT2D eigenvalue weighted by Gasteiger charge is 2.10. The van der Waals surface area contributed by atoms with E-state index in [2.05, 4.69) is 27.8 Å². The van der Waals surface area contributed by atoms with Crippen molar-refractivity contribution in [3.63, 3.8) is 0 Å². The van der Waals surface area contributed by atoms with Crippen molar-refractivity contribution in [2.24, 2.45) is 0 Å². The van der Waals surface area contributed by atoms with Crippen LogP contribution in [0.15, 0.2) is 54.9 Å². The first-order chi connectivity index (χ1) is 12.6. The van der Waals surface area contributed by atoms with Gasteiger partial charge in [-0.3, -0.25) is 0 Å². The van der Waals surface area contributed by atoms with E-state index in [-0.39, 0.29) is 12.6 Å². The van der Waals surface area contributed by atoms with Crippen molar-refractivity contribution in [3.8, 4) is 11.4 Å². The molecule has 2 unspecified atom stereocenters. The van der Waals surface area contributed by atoms with Crippen LogP contribution in [0.3, 0.4) is 0 Å². The van der Waals surface area contributed by atoms with Crippen molar-refractivity contribution >= 4 is 0 Å². The Labute approximate surface area is 152 Å². The molecule has 0 saturated carbocycles. The fraction of sp³-hybridized carbons (Fsp3) is 0.316. The highest BCUT2D eigenvalue weighted by Crippen LogP contribution is 2.15. The number of nitrogens with zero attached hydrogens (tertiary/aromatic N) is 4. The van der Waals surface area contributed by atoms with E-state index in [0.29, 0.717) is 6.54 Å². The minimum absolute atomic E-state index is 0.103. The molecule has 2 atom stereocenters. The molecule has 0 radical (unpaired) electrons. The van der Waals surface area contributed by atoms with Crippen molar-refractivity contribution in [2.75, 3.05) is 13.2 Å². The van der Waals surface area contributed by atoms with E-state index < -0.39 is 6.10 Å². The smallest absolute Gasteiger partial charge is 0.143 e. The zero-order valence-corrected chi connectivity index (χ0v) is 14.9. The maximum Gasteiger partial charge on any atom is 0.143 e. The van der Waals surface area contributed by atoms with Gasteiger partial charge in [-0.15, -0.1) is 5.10 Å². The van der Waals surface area contributed by atoms with Gasteiger partial charge < -0.3 is 15.2 Å². The van der Waals surface area contributed by atoms with Crippen LogP contribution in [0, 0.1) is 6.92 Å². The molecule has 0 bridgehead atoms. The van der Waals surface area contributed by atoms with Crippen molar-refractivity contribution in [1.29, 1.82) is 0 Å².